The van der Waals surface area contributed by atoms with Crippen LogP contribution in [0.5, 0.6) is 11.5 Å². The van der Waals surface area contributed by atoms with Crippen molar-refractivity contribution in [2.75, 3.05) is 40.0 Å². The van der Waals surface area contributed by atoms with Crippen molar-refractivity contribution in [3.05, 3.63) is 60.7 Å². The fourth-order valence-electron chi connectivity index (χ4n) is 2.39. The van der Waals surface area contributed by atoms with Gasteiger partial charge < -0.3 is 19.3 Å². The van der Waals surface area contributed by atoms with Gasteiger partial charge in [0.25, 0.3) is 0 Å². The summed E-state index contributed by atoms with van der Waals surface area (Å²) in [5.41, 5.74) is 0. The second-order valence-corrected chi connectivity index (χ2v) is 6.58. The molecule has 8 nitrogen and oxygen atoms in total. The molecule has 0 aliphatic rings. The minimum atomic E-state index is -0.687. The first-order valence-electron chi connectivity index (χ1n) is 9.99. The molecule has 0 heterocycles. The molecule has 0 spiro atoms. The van der Waals surface area contributed by atoms with Crippen LogP contribution in [0.3, 0.4) is 0 Å². The Kier molecular flexibility index (Phi) is 11.8. The standard InChI is InChI=1S/C22H32N2O6/c1-18(24-15-19(25)16-27-20-9-5-3-6-10-20)29-30-22(23-13-14-26-2)17-28-21-11-7-4-8-12-21/h3-12,18-19,22-25H,13-17H2,1-2H3/t18-,19-,22+/m1/s1. The SMILES string of the molecule is COCCN[C@H](COc1ccccc1)OO[C@H](C)NC[C@@H](O)COc1ccccc1. The molecule has 0 saturated carbocycles. The molecule has 8 heteroatoms. The number of ether oxygens (including phenoxy) is 3. The normalized spacial score (nSPS) is 14.1. The Balaban J connectivity index is 1.66. The number of nitrogens with one attached hydrogen (secondary N) is 2. The van der Waals surface area contributed by atoms with E-state index in [0.717, 1.165) is 5.75 Å². The van der Waals surface area contributed by atoms with Crippen LogP contribution in [0, 0.1) is 0 Å². The molecule has 0 aliphatic carbocycles. The molecule has 0 amide bonds. The van der Waals surface area contributed by atoms with Gasteiger partial charge in [0.05, 0.1) is 6.61 Å². The van der Waals surface area contributed by atoms with Crippen LogP contribution in [0.1, 0.15) is 6.92 Å². The lowest BCUT2D eigenvalue weighted by Crippen LogP contribution is -2.43. The van der Waals surface area contributed by atoms with E-state index in [-0.39, 0.29) is 13.2 Å². The van der Waals surface area contributed by atoms with Crippen molar-refractivity contribution >= 4 is 0 Å². The number of para-hydroxylation sites is 2. The van der Waals surface area contributed by atoms with E-state index in [1.165, 1.54) is 0 Å². The summed E-state index contributed by atoms with van der Waals surface area (Å²) in [5.74, 6) is 1.46. The van der Waals surface area contributed by atoms with Crippen LogP contribution in [0.2, 0.25) is 0 Å². The number of hydrogen-bond acceptors (Lipinski definition) is 8. The number of methoxy groups -OCH3 is 1. The molecule has 0 saturated heterocycles. The van der Waals surface area contributed by atoms with Crippen LogP contribution in [0.15, 0.2) is 60.7 Å². The van der Waals surface area contributed by atoms with Gasteiger partial charge in [0.2, 0.25) is 0 Å². The minimum absolute atomic E-state index is 0.177. The van der Waals surface area contributed by atoms with Crippen LogP contribution in [-0.4, -0.2) is 63.7 Å². The van der Waals surface area contributed by atoms with E-state index >= 15 is 0 Å². The molecule has 0 unspecified atom stereocenters. The van der Waals surface area contributed by atoms with Gasteiger partial charge in [-0.15, -0.1) is 0 Å². The summed E-state index contributed by atoms with van der Waals surface area (Å²) in [4.78, 5) is 10.9. The molecular formula is C22H32N2O6. The van der Waals surface area contributed by atoms with Gasteiger partial charge in [0.1, 0.15) is 37.0 Å². The average molecular weight is 421 g/mol. The summed E-state index contributed by atoms with van der Waals surface area (Å²) in [7, 11) is 1.63. The Labute approximate surface area is 178 Å². The summed E-state index contributed by atoms with van der Waals surface area (Å²) in [6.45, 7) is 3.63. The van der Waals surface area contributed by atoms with Gasteiger partial charge in [-0.2, -0.15) is 0 Å². The Morgan fingerprint density at radius 1 is 0.833 bits per heavy atom. The molecule has 2 aromatic carbocycles. The number of rotatable bonds is 16. The van der Waals surface area contributed by atoms with E-state index in [0.29, 0.717) is 25.4 Å². The van der Waals surface area contributed by atoms with E-state index in [2.05, 4.69) is 10.6 Å². The molecule has 166 valence electrons. The quantitative estimate of drug-likeness (QED) is 0.164. The van der Waals surface area contributed by atoms with E-state index in [1.807, 2.05) is 60.7 Å². The van der Waals surface area contributed by atoms with Crippen LogP contribution in [-0.2, 0) is 14.5 Å². The fraction of sp³-hybridized carbons (Fsp3) is 0.455. The van der Waals surface area contributed by atoms with Crippen molar-refractivity contribution < 1.29 is 29.1 Å². The Morgan fingerprint density at radius 3 is 2.03 bits per heavy atom. The first-order valence-corrected chi connectivity index (χ1v) is 9.99. The van der Waals surface area contributed by atoms with Crippen LogP contribution >= 0.6 is 0 Å². The van der Waals surface area contributed by atoms with Crippen molar-refractivity contribution in [3.8, 4) is 11.5 Å². The van der Waals surface area contributed by atoms with E-state index in [9.17, 15) is 5.11 Å². The number of aliphatic hydroxyl groups excluding tert-OH is 1. The molecule has 30 heavy (non-hydrogen) atoms. The van der Waals surface area contributed by atoms with Gasteiger partial charge >= 0.3 is 0 Å². The Morgan fingerprint density at radius 2 is 1.43 bits per heavy atom. The first-order chi connectivity index (χ1) is 14.7. The Bertz CT molecular complexity index is 661. The van der Waals surface area contributed by atoms with Gasteiger partial charge in [-0.1, -0.05) is 36.4 Å². The molecule has 3 N–H and O–H groups in total. The summed E-state index contributed by atoms with van der Waals surface area (Å²) >= 11 is 0. The molecule has 3 atom stereocenters. The highest BCUT2D eigenvalue weighted by atomic mass is 17.2. The lowest BCUT2D eigenvalue weighted by Gasteiger charge is -2.22. The summed E-state index contributed by atoms with van der Waals surface area (Å²) in [5, 5.41) is 16.3. The summed E-state index contributed by atoms with van der Waals surface area (Å²) in [6.07, 6.45) is -1.62. The molecule has 0 bridgehead atoms. The lowest BCUT2D eigenvalue weighted by molar-refractivity contribution is -0.361. The molecule has 2 rings (SSSR count). The monoisotopic (exact) mass is 420 g/mol. The van der Waals surface area contributed by atoms with Crippen molar-refractivity contribution in [2.45, 2.75) is 25.5 Å². The van der Waals surface area contributed by atoms with Crippen molar-refractivity contribution in [1.82, 2.24) is 10.6 Å². The second-order valence-electron chi connectivity index (χ2n) is 6.58. The largest absolute Gasteiger partial charge is 0.491 e. The molecule has 2 aromatic rings. The third kappa shape index (κ3) is 10.5. The highest BCUT2D eigenvalue weighted by Crippen LogP contribution is 2.10. The maximum absolute atomic E-state index is 10.1. The van der Waals surface area contributed by atoms with E-state index < -0.39 is 18.6 Å². The molecule has 0 aliphatic heterocycles. The van der Waals surface area contributed by atoms with Gasteiger partial charge in [0, 0.05) is 20.2 Å². The average Bonchev–Trinajstić information content (AvgIpc) is 2.79. The van der Waals surface area contributed by atoms with Crippen molar-refractivity contribution in [2.24, 2.45) is 0 Å². The van der Waals surface area contributed by atoms with Gasteiger partial charge in [-0.25, -0.2) is 9.78 Å². The summed E-state index contributed by atoms with van der Waals surface area (Å²) < 4.78 is 16.3. The molecule has 0 radical (unpaired) electrons. The maximum atomic E-state index is 10.1. The zero-order valence-electron chi connectivity index (χ0n) is 17.5. The van der Waals surface area contributed by atoms with E-state index in [1.54, 1.807) is 14.0 Å². The van der Waals surface area contributed by atoms with E-state index in [4.69, 9.17) is 24.0 Å². The lowest BCUT2D eigenvalue weighted by atomic mass is 10.3. The predicted octanol–water partition coefficient (Wildman–Crippen LogP) is 1.95. The second kappa shape index (κ2) is 14.7. The van der Waals surface area contributed by atoms with Gasteiger partial charge in [-0.3, -0.25) is 10.6 Å². The van der Waals surface area contributed by atoms with Crippen LogP contribution < -0.4 is 20.1 Å². The Hall–Kier alpha value is -2.20. The predicted molar refractivity (Wildman–Crippen MR) is 113 cm³/mol. The maximum Gasteiger partial charge on any atom is 0.178 e. The number of hydrogen-bond donors (Lipinski definition) is 3. The highest BCUT2D eigenvalue weighted by molar-refractivity contribution is 5.21. The third-order valence-electron chi connectivity index (χ3n) is 3.97. The molecular weight excluding hydrogens is 388 g/mol. The summed E-state index contributed by atoms with van der Waals surface area (Å²) in [6, 6.07) is 18.8. The fourth-order valence-corrected chi connectivity index (χ4v) is 2.39. The first kappa shape index (κ1) is 24.1. The van der Waals surface area contributed by atoms with Gasteiger partial charge in [0.15, 0.2) is 6.23 Å². The molecule has 0 aromatic heterocycles. The van der Waals surface area contributed by atoms with Crippen molar-refractivity contribution in [1.29, 1.82) is 0 Å². The van der Waals surface area contributed by atoms with Crippen molar-refractivity contribution in [3.63, 3.8) is 0 Å². The van der Waals surface area contributed by atoms with Crippen LogP contribution in [0.4, 0.5) is 0 Å². The number of benzene rings is 2. The van der Waals surface area contributed by atoms with Gasteiger partial charge in [-0.05, 0) is 31.2 Å². The number of aliphatic hydroxyl groups is 1. The topological polar surface area (TPSA) is 90.4 Å². The zero-order valence-corrected chi connectivity index (χ0v) is 17.5. The molecule has 0 fully saturated rings. The smallest absolute Gasteiger partial charge is 0.178 e. The van der Waals surface area contributed by atoms with Crippen LogP contribution in [0.25, 0.3) is 0 Å². The minimum Gasteiger partial charge on any atom is -0.491 e. The highest BCUT2D eigenvalue weighted by Gasteiger charge is 2.14. The zero-order chi connectivity index (χ0) is 21.4. The third-order valence-corrected chi connectivity index (χ3v) is 3.97.